The minimum atomic E-state index is 0.490. The summed E-state index contributed by atoms with van der Waals surface area (Å²) in [7, 11) is 0. The van der Waals surface area contributed by atoms with E-state index in [1.807, 2.05) is 0 Å². The lowest BCUT2D eigenvalue weighted by molar-refractivity contribution is 0.252. The summed E-state index contributed by atoms with van der Waals surface area (Å²) in [4.78, 5) is 0. The Labute approximate surface area is 125 Å². The van der Waals surface area contributed by atoms with Gasteiger partial charge in [-0.2, -0.15) is 0 Å². The maximum Gasteiger partial charge on any atom is 0.122 e. The fraction of sp³-hybridized carbons (Fsp3) is 0.625. The maximum absolute atomic E-state index is 6.01. The molecule has 0 spiro atoms. The summed E-state index contributed by atoms with van der Waals surface area (Å²) < 4.78 is 7.13. The Hall–Kier alpha value is -0.540. The number of rotatable bonds is 5. The highest BCUT2D eigenvalue weighted by Crippen LogP contribution is 2.30. The van der Waals surface area contributed by atoms with Gasteiger partial charge in [-0.25, -0.2) is 0 Å². The second kappa shape index (κ2) is 7.30. The van der Waals surface area contributed by atoms with Gasteiger partial charge in [0, 0.05) is 4.47 Å². The van der Waals surface area contributed by atoms with Gasteiger partial charge >= 0.3 is 0 Å². The van der Waals surface area contributed by atoms with Crippen molar-refractivity contribution in [3.8, 4) is 5.75 Å². The molecule has 1 aromatic rings. The lowest BCUT2D eigenvalue weighted by atomic mass is 9.97. The molecule has 3 heteroatoms. The molecule has 0 bridgehead atoms. The quantitative estimate of drug-likeness (QED) is 0.869. The van der Waals surface area contributed by atoms with Gasteiger partial charge in [-0.3, -0.25) is 0 Å². The number of hydrogen-bond donors (Lipinski definition) is 1. The summed E-state index contributed by atoms with van der Waals surface area (Å²) in [6, 6.07) is 6.31. The third-order valence-electron chi connectivity index (χ3n) is 3.78. The summed E-state index contributed by atoms with van der Waals surface area (Å²) in [6.07, 6.45) is 3.80. The van der Waals surface area contributed by atoms with Crippen LogP contribution in [0.1, 0.15) is 44.6 Å². The number of halogens is 1. The molecule has 19 heavy (non-hydrogen) atoms. The van der Waals surface area contributed by atoms with E-state index in [9.17, 15) is 0 Å². The van der Waals surface area contributed by atoms with Crippen molar-refractivity contribution in [1.29, 1.82) is 0 Å². The summed E-state index contributed by atoms with van der Waals surface area (Å²) in [5.74, 6) is 2.32. The predicted octanol–water partition coefficient (Wildman–Crippen LogP) is 4.34. The van der Waals surface area contributed by atoms with Crippen LogP contribution in [0.2, 0.25) is 0 Å². The van der Waals surface area contributed by atoms with E-state index < -0.39 is 0 Å². The van der Waals surface area contributed by atoms with Gasteiger partial charge in [-0.1, -0.05) is 29.8 Å². The Kier molecular flexibility index (Phi) is 5.71. The molecule has 0 amide bonds. The Morgan fingerprint density at radius 3 is 2.95 bits per heavy atom. The van der Waals surface area contributed by atoms with Crippen molar-refractivity contribution in [2.45, 2.75) is 39.0 Å². The summed E-state index contributed by atoms with van der Waals surface area (Å²) in [6.45, 7) is 7.58. The summed E-state index contributed by atoms with van der Waals surface area (Å²) >= 11 is 3.53. The molecule has 0 aromatic heterocycles. The zero-order valence-electron chi connectivity index (χ0n) is 11.9. The lowest BCUT2D eigenvalue weighted by Crippen LogP contribution is -2.30. The van der Waals surface area contributed by atoms with E-state index in [2.05, 4.69) is 53.3 Å². The van der Waals surface area contributed by atoms with Crippen LogP contribution in [0.4, 0.5) is 0 Å². The van der Waals surface area contributed by atoms with Gasteiger partial charge in [-0.05, 0) is 68.0 Å². The number of benzene rings is 1. The highest BCUT2D eigenvalue weighted by molar-refractivity contribution is 9.10. The second-order valence-electron chi connectivity index (χ2n) is 5.69. The van der Waals surface area contributed by atoms with Gasteiger partial charge in [0.05, 0.1) is 6.61 Å². The first-order chi connectivity index (χ1) is 9.16. The SMILES string of the molecule is CC(C)c1cc(Br)ccc1OCC[C@@H]1CCCNC1. The van der Waals surface area contributed by atoms with E-state index in [0.29, 0.717) is 5.92 Å². The molecule has 1 heterocycles. The molecule has 2 nitrogen and oxygen atoms in total. The van der Waals surface area contributed by atoms with Crippen LogP contribution < -0.4 is 10.1 Å². The normalized spacial score (nSPS) is 19.7. The molecule has 0 radical (unpaired) electrons. The van der Waals surface area contributed by atoms with Gasteiger partial charge < -0.3 is 10.1 Å². The number of piperidine rings is 1. The average Bonchev–Trinajstić information content (AvgIpc) is 2.41. The Morgan fingerprint density at radius 2 is 2.26 bits per heavy atom. The Bertz CT molecular complexity index is 400. The summed E-state index contributed by atoms with van der Waals surface area (Å²) in [5.41, 5.74) is 1.29. The van der Waals surface area contributed by atoms with Crippen LogP contribution in [-0.2, 0) is 0 Å². The van der Waals surface area contributed by atoms with Crippen LogP contribution in [0.5, 0.6) is 5.75 Å². The van der Waals surface area contributed by atoms with E-state index in [-0.39, 0.29) is 0 Å². The van der Waals surface area contributed by atoms with Gasteiger partial charge in [0.1, 0.15) is 5.75 Å². The first kappa shape index (κ1) is 14.9. The molecular weight excluding hydrogens is 302 g/mol. The maximum atomic E-state index is 6.01. The molecule has 1 N–H and O–H groups in total. The standard InChI is InChI=1S/C16H24BrNO/c1-12(2)15-10-14(17)5-6-16(15)19-9-7-13-4-3-8-18-11-13/h5-6,10,12-13,18H,3-4,7-9,11H2,1-2H3/t13-/m0/s1. The van der Waals surface area contributed by atoms with Gasteiger partial charge in [0.15, 0.2) is 0 Å². The largest absolute Gasteiger partial charge is 0.493 e. The molecule has 2 rings (SSSR count). The highest BCUT2D eigenvalue weighted by atomic mass is 79.9. The fourth-order valence-corrected chi connectivity index (χ4v) is 2.99. The molecule has 0 saturated carbocycles. The molecule has 1 aliphatic heterocycles. The van der Waals surface area contributed by atoms with Crippen LogP contribution in [0.3, 0.4) is 0 Å². The second-order valence-corrected chi connectivity index (χ2v) is 6.60. The van der Waals surface area contributed by atoms with Gasteiger partial charge in [0.25, 0.3) is 0 Å². The zero-order valence-corrected chi connectivity index (χ0v) is 13.5. The third-order valence-corrected chi connectivity index (χ3v) is 4.27. The van der Waals surface area contributed by atoms with Crippen LogP contribution in [-0.4, -0.2) is 19.7 Å². The Morgan fingerprint density at radius 1 is 1.42 bits per heavy atom. The third kappa shape index (κ3) is 4.50. The van der Waals surface area contributed by atoms with E-state index in [1.54, 1.807) is 0 Å². The molecule has 1 aromatic carbocycles. The van der Waals surface area contributed by atoms with E-state index in [1.165, 1.54) is 24.9 Å². The molecule has 1 saturated heterocycles. The smallest absolute Gasteiger partial charge is 0.122 e. The van der Waals surface area contributed by atoms with Crippen molar-refractivity contribution >= 4 is 15.9 Å². The first-order valence-corrected chi connectivity index (χ1v) is 8.09. The lowest BCUT2D eigenvalue weighted by Gasteiger charge is -2.23. The Balaban J connectivity index is 1.88. The van der Waals surface area contributed by atoms with Crippen molar-refractivity contribution in [3.05, 3.63) is 28.2 Å². The molecule has 0 unspecified atom stereocenters. The average molecular weight is 326 g/mol. The van der Waals surface area contributed by atoms with Crippen LogP contribution in [0.25, 0.3) is 0 Å². The number of nitrogens with one attached hydrogen (secondary N) is 1. The number of ether oxygens (including phenoxy) is 1. The minimum Gasteiger partial charge on any atom is -0.493 e. The molecular formula is C16H24BrNO. The van der Waals surface area contributed by atoms with E-state index >= 15 is 0 Å². The van der Waals surface area contributed by atoms with Crippen LogP contribution in [0, 0.1) is 5.92 Å². The van der Waals surface area contributed by atoms with Crippen molar-refractivity contribution in [3.63, 3.8) is 0 Å². The first-order valence-electron chi connectivity index (χ1n) is 7.30. The highest BCUT2D eigenvalue weighted by Gasteiger charge is 2.14. The van der Waals surface area contributed by atoms with Crippen molar-refractivity contribution < 1.29 is 4.74 Å². The van der Waals surface area contributed by atoms with Crippen LogP contribution in [0.15, 0.2) is 22.7 Å². The van der Waals surface area contributed by atoms with Gasteiger partial charge in [0.2, 0.25) is 0 Å². The van der Waals surface area contributed by atoms with Crippen molar-refractivity contribution in [2.75, 3.05) is 19.7 Å². The predicted molar refractivity (Wildman–Crippen MR) is 83.9 cm³/mol. The molecule has 106 valence electrons. The van der Waals surface area contributed by atoms with Gasteiger partial charge in [-0.15, -0.1) is 0 Å². The monoisotopic (exact) mass is 325 g/mol. The van der Waals surface area contributed by atoms with E-state index in [4.69, 9.17) is 4.74 Å². The van der Waals surface area contributed by atoms with Crippen LogP contribution >= 0.6 is 15.9 Å². The fourth-order valence-electron chi connectivity index (χ4n) is 2.61. The molecule has 1 fully saturated rings. The molecule has 1 atom stereocenters. The molecule has 0 aliphatic carbocycles. The molecule has 1 aliphatic rings. The van der Waals surface area contributed by atoms with Crippen molar-refractivity contribution in [2.24, 2.45) is 5.92 Å². The minimum absolute atomic E-state index is 0.490. The topological polar surface area (TPSA) is 21.3 Å². The van der Waals surface area contributed by atoms with Crippen molar-refractivity contribution in [1.82, 2.24) is 5.32 Å². The summed E-state index contributed by atoms with van der Waals surface area (Å²) in [5, 5.41) is 3.46. The number of hydrogen-bond acceptors (Lipinski definition) is 2. The van der Waals surface area contributed by atoms with E-state index in [0.717, 1.165) is 35.7 Å². The zero-order chi connectivity index (χ0) is 13.7.